The predicted octanol–water partition coefficient (Wildman–Crippen LogP) is 1.99. The van der Waals surface area contributed by atoms with E-state index in [1.165, 1.54) is 6.21 Å². The number of benzene rings is 2. The first-order chi connectivity index (χ1) is 11.3. The molecule has 0 radical (unpaired) electrons. The highest BCUT2D eigenvalue weighted by Gasteiger charge is 2.26. The zero-order valence-electron chi connectivity index (χ0n) is 12.6. The standard InChI is InChI=1S/C17H16N2O4/c1-21-13-7-3-2-6-12(13)10-18-19-17(20)16-11-22-14-8-4-5-9-15(14)23-16/h2-10,16H,11H2,1H3,(H,19,20)/b18-10-/t16-/m0/s1. The lowest BCUT2D eigenvalue weighted by atomic mass is 10.2. The molecule has 0 aliphatic carbocycles. The molecule has 1 amide bonds. The van der Waals surface area contributed by atoms with Crippen LogP contribution in [0.4, 0.5) is 0 Å². The molecule has 1 N–H and O–H groups in total. The van der Waals surface area contributed by atoms with Gasteiger partial charge < -0.3 is 14.2 Å². The van der Waals surface area contributed by atoms with Gasteiger partial charge in [0.1, 0.15) is 12.4 Å². The van der Waals surface area contributed by atoms with E-state index in [0.29, 0.717) is 17.2 Å². The van der Waals surface area contributed by atoms with Gasteiger partial charge in [0.15, 0.2) is 11.5 Å². The molecule has 0 unspecified atom stereocenters. The number of rotatable bonds is 4. The number of hydrogen-bond acceptors (Lipinski definition) is 5. The lowest BCUT2D eigenvalue weighted by Crippen LogP contribution is -2.42. The summed E-state index contributed by atoms with van der Waals surface area (Å²) in [5.41, 5.74) is 3.22. The fourth-order valence-corrected chi connectivity index (χ4v) is 2.16. The van der Waals surface area contributed by atoms with Crippen molar-refractivity contribution in [3.05, 3.63) is 54.1 Å². The van der Waals surface area contributed by atoms with Gasteiger partial charge in [0.25, 0.3) is 5.91 Å². The number of methoxy groups -OCH3 is 1. The van der Waals surface area contributed by atoms with E-state index in [4.69, 9.17) is 14.2 Å². The molecular weight excluding hydrogens is 296 g/mol. The van der Waals surface area contributed by atoms with Gasteiger partial charge in [-0.05, 0) is 24.3 Å². The quantitative estimate of drug-likeness (QED) is 0.692. The summed E-state index contributed by atoms with van der Waals surface area (Å²) < 4.78 is 16.3. The summed E-state index contributed by atoms with van der Waals surface area (Å²) in [6.07, 6.45) is 0.786. The summed E-state index contributed by atoms with van der Waals surface area (Å²) in [7, 11) is 1.58. The first-order valence-electron chi connectivity index (χ1n) is 7.12. The maximum absolute atomic E-state index is 12.1. The van der Waals surface area contributed by atoms with Gasteiger partial charge in [-0.3, -0.25) is 4.79 Å². The SMILES string of the molecule is COc1ccccc1/C=N\NC(=O)[C@@H]1COc2ccccc2O1. The van der Waals surface area contributed by atoms with Crippen molar-refractivity contribution in [2.75, 3.05) is 13.7 Å². The van der Waals surface area contributed by atoms with E-state index in [9.17, 15) is 4.79 Å². The minimum Gasteiger partial charge on any atom is -0.496 e. The summed E-state index contributed by atoms with van der Waals surface area (Å²) in [6.45, 7) is 0.146. The van der Waals surface area contributed by atoms with Crippen molar-refractivity contribution in [3.63, 3.8) is 0 Å². The zero-order valence-corrected chi connectivity index (χ0v) is 12.6. The molecule has 2 aromatic carbocycles. The molecule has 1 atom stereocenters. The van der Waals surface area contributed by atoms with E-state index in [1.807, 2.05) is 36.4 Å². The highest BCUT2D eigenvalue weighted by molar-refractivity contribution is 5.86. The molecule has 0 fully saturated rings. The van der Waals surface area contributed by atoms with Crippen LogP contribution < -0.4 is 19.6 Å². The highest BCUT2D eigenvalue weighted by atomic mass is 16.6. The second kappa shape index (κ2) is 6.83. The summed E-state index contributed by atoms with van der Waals surface area (Å²) >= 11 is 0. The fourth-order valence-electron chi connectivity index (χ4n) is 2.16. The normalized spacial score (nSPS) is 16.1. The van der Waals surface area contributed by atoms with E-state index >= 15 is 0 Å². The monoisotopic (exact) mass is 312 g/mol. The van der Waals surface area contributed by atoms with Crippen molar-refractivity contribution in [1.29, 1.82) is 0 Å². The minimum atomic E-state index is -0.736. The van der Waals surface area contributed by atoms with E-state index in [1.54, 1.807) is 19.2 Å². The van der Waals surface area contributed by atoms with Gasteiger partial charge >= 0.3 is 0 Å². The second-order valence-electron chi connectivity index (χ2n) is 4.84. The Kier molecular flexibility index (Phi) is 4.42. The van der Waals surface area contributed by atoms with E-state index in [0.717, 1.165) is 5.56 Å². The number of amides is 1. The highest BCUT2D eigenvalue weighted by Crippen LogP contribution is 2.30. The Morgan fingerprint density at radius 3 is 2.78 bits per heavy atom. The zero-order chi connectivity index (χ0) is 16.1. The van der Waals surface area contributed by atoms with Crippen LogP contribution in [-0.4, -0.2) is 31.9 Å². The largest absolute Gasteiger partial charge is 0.496 e. The van der Waals surface area contributed by atoms with Crippen LogP contribution in [-0.2, 0) is 4.79 Å². The number of para-hydroxylation sites is 3. The number of carbonyl (C=O) groups excluding carboxylic acids is 1. The topological polar surface area (TPSA) is 69.2 Å². The van der Waals surface area contributed by atoms with Gasteiger partial charge in [-0.15, -0.1) is 0 Å². The smallest absolute Gasteiger partial charge is 0.284 e. The number of nitrogens with zero attached hydrogens (tertiary/aromatic N) is 1. The van der Waals surface area contributed by atoms with Crippen LogP contribution in [0.25, 0.3) is 0 Å². The average Bonchev–Trinajstić information content (AvgIpc) is 2.61. The molecule has 0 saturated heterocycles. The van der Waals surface area contributed by atoms with Gasteiger partial charge in [-0.2, -0.15) is 5.10 Å². The van der Waals surface area contributed by atoms with E-state index in [2.05, 4.69) is 10.5 Å². The van der Waals surface area contributed by atoms with Gasteiger partial charge in [0.2, 0.25) is 6.10 Å². The van der Waals surface area contributed by atoms with Crippen molar-refractivity contribution >= 4 is 12.1 Å². The number of hydrogen-bond donors (Lipinski definition) is 1. The summed E-state index contributed by atoms with van der Waals surface area (Å²) in [5, 5.41) is 3.94. The molecule has 1 heterocycles. The van der Waals surface area contributed by atoms with Crippen LogP contribution in [0.3, 0.4) is 0 Å². The van der Waals surface area contributed by atoms with Crippen LogP contribution in [0.1, 0.15) is 5.56 Å². The molecule has 6 nitrogen and oxygen atoms in total. The third kappa shape index (κ3) is 3.42. The Morgan fingerprint density at radius 1 is 1.22 bits per heavy atom. The van der Waals surface area contributed by atoms with Crippen LogP contribution >= 0.6 is 0 Å². The molecule has 1 aliphatic rings. The Bertz CT molecular complexity index is 730. The van der Waals surface area contributed by atoms with Crippen molar-refractivity contribution in [2.45, 2.75) is 6.10 Å². The number of fused-ring (bicyclic) bond motifs is 1. The summed E-state index contributed by atoms with van der Waals surface area (Å²) in [5.74, 6) is 1.49. The van der Waals surface area contributed by atoms with Crippen molar-refractivity contribution in [2.24, 2.45) is 5.10 Å². The maximum Gasteiger partial charge on any atom is 0.284 e. The first-order valence-corrected chi connectivity index (χ1v) is 7.12. The molecule has 2 aromatic rings. The van der Waals surface area contributed by atoms with Crippen LogP contribution in [0.2, 0.25) is 0 Å². The predicted molar refractivity (Wildman–Crippen MR) is 85.1 cm³/mol. The van der Waals surface area contributed by atoms with Crippen molar-refractivity contribution < 1.29 is 19.0 Å². The summed E-state index contributed by atoms with van der Waals surface area (Å²) in [6, 6.07) is 14.6. The molecular formula is C17H16N2O4. The lowest BCUT2D eigenvalue weighted by molar-refractivity contribution is -0.130. The Morgan fingerprint density at radius 2 is 1.96 bits per heavy atom. The van der Waals surface area contributed by atoms with Gasteiger partial charge in [-0.1, -0.05) is 24.3 Å². The molecule has 3 rings (SSSR count). The van der Waals surface area contributed by atoms with Crippen LogP contribution in [0.5, 0.6) is 17.2 Å². The number of nitrogens with one attached hydrogen (secondary N) is 1. The Labute approximate surface area is 133 Å². The Balaban J connectivity index is 1.61. The first kappa shape index (κ1) is 14.9. The third-order valence-corrected chi connectivity index (χ3v) is 3.32. The average molecular weight is 312 g/mol. The third-order valence-electron chi connectivity index (χ3n) is 3.32. The fraction of sp³-hybridized carbons (Fsp3) is 0.176. The Hall–Kier alpha value is -3.02. The molecule has 23 heavy (non-hydrogen) atoms. The lowest BCUT2D eigenvalue weighted by Gasteiger charge is -2.24. The molecule has 6 heteroatoms. The molecule has 0 bridgehead atoms. The molecule has 0 spiro atoms. The number of ether oxygens (including phenoxy) is 3. The van der Waals surface area contributed by atoms with Gasteiger partial charge in [0, 0.05) is 5.56 Å². The number of carbonyl (C=O) groups is 1. The van der Waals surface area contributed by atoms with E-state index in [-0.39, 0.29) is 12.5 Å². The van der Waals surface area contributed by atoms with Gasteiger partial charge in [-0.25, -0.2) is 5.43 Å². The van der Waals surface area contributed by atoms with E-state index < -0.39 is 6.10 Å². The molecule has 0 aromatic heterocycles. The van der Waals surface area contributed by atoms with Crippen molar-refractivity contribution in [1.82, 2.24) is 5.43 Å². The van der Waals surface area contributed by atoms with Crippen LogP contribution in [0.15, 0.2) is 53.6 Å². The summed E-state index contributed by atoms with van der Waals surface area (Å²) in [4.78, 5) is 12.1. The van der Waals surface area contributed by atoms with Crippen molar-refractivity contribution in [3.8, 4) is 17.2 Å². The van der Waals surface area contributed by atoms with Gasteiger partial charge in [0.05, 0.1) is 13.3 Å². The molecule has 118 valence electrons. The number of hydrazone groups is 1. The maximum atomic E-state index is 12.1. The molecule has 1 aliphatic heterocycles. The van der Waals surface area contributed by atoms with Crippen LogP contribution in [0, 0.1) is 0 Å². The second-order valence-corrected chi connectivity index (χ2v) is 4.84. The minimum absolute atomic E-state index is 0.146. The molecule has 0 saturated carbocycles.